The summed E-state index contributed by atoms with van der Waals surface area (Å²) in [6, 6.07) is 11.7. The van der Waals surface area contributed by atoms with Gasteiger partial charge in [-0.1, -0.05) is 18.2 Å². The van der Waals surface area contributed by atoms with Crippen molar-refractivity contribution in [1.82, 2.24) is 0 Å². The molecule has 0 bridgehead atoms. The fourth-order valence-corrected chi connectivity index (χ4v) is 2.74. The molecular formula is C16H19NO2S. The van der Waals surface area contributed by atoms with Gasteiger partial charge in [0.05, 0.1) is 0 Å². The van der Waals surface area contributed by atoms with Gasteiger partial charge < -0.3 is 10.4 Å². The van der Waals surface area contributed by atoms with Crippen LogP contribution in [0.25, 0.3) is 0 Å². The molecule has 2 aromatic rings. The van der Waals surface area contributed by atoms with E-state index in [0.29, 0.717) is 12.8 Å². The highest BCUT2D eigenvalue weighted by molar-refractivity contribution is 7.09. The lowest BCUT2D eigenvalue weighted by Gasteiger charge is -2.06. The summed E-state index contributed by atoms with van der Waals surface area (Å²) in [5.41, 5.74) is 1.89. The molecule has 0 aliphatic heterocycles. The van der Waals surface area contributed by atoms with Gasteiger partial charge in [-0.3, -0.25) is 4.79 Å². The summed E-state index contributed by atoms with van der Waals surface area (Å²) in [5, 5.41) is 13.8. The van der Waals surface area contributed by atoms with Crippen LogP contribution < -0.4 is 5.32 Å². The summed E-state index contributed by atoms with van der Waals surface area (Å²) < 4.78 is 0. The lowest BCUT2D eigenvalue weighted by Crippen LogP contribution is -2.11. The van der Waals surface area contributed by atoms with Crippen molar-refractivity contribution in [1.29, 1.82) is 0 Å². The van der Waals surface area contributed by atoms with E-state index in [0.717, 1.165) is 24.1 Å². The summed E-state index contributed by atoms with van der Waals surface area (Å²) in [6.07, 6.45) is 3.01. The zero-order valence-electron chi connectivity index (χ0n) is 11.3. The first kappa shape index (κ1) is 14.8. The summed E-state index contributed by atoms with van der Waals surface area (Å²) in [5.74, 6) is 0.0523. The molecule has 1 aromatic carbocycles. The van der Waals surface area contributed by atoms with Crippen LogP contribution in [-0.2, 0) is 17.6 Å². The minimum atomic E-state index is 0.0523. The third-order valence-electron chi connectivity index (χ3n) is 3.05. The molecule has 0 fully saturated rings. The van der Waals surface area contributed by atoms with Crippen molar-refractivity contribution in [3.8, 4) is 0 Å². The topological polar surface area (TPSA) is 49.3 Å². The van der Waals surface area contributed by atoms with Crippen LogP contribution in [0.4, 0.5) is 5.69 Å². The minimum absolute atomic E-state index is 0.0523. The molecule has 1 aromatic heterocycles. The molecule has 1 heterocycles. The number of benzene rings is 1. The monoisotopic (exact) mass is 289 g/mol. The smallest absolute Gasteiger partial charge is 0.224 e. The number of aliphatic hydroxyl groups excluding tert-OH is 1. The number of anilines is 1. The van der Waals surface area contributed by atoms with Gasteiger partial charge in [0.25, 0.3) is 0 Å². The quantitative estimate of drug-likeness (QED) is 0.822. The molecule has 0 atom stereocenters. The summed E-state index contributed by atoms with van der Waals surface area (Å²) in [6.45, 7) is 0.147. The zero-order valence-corrected chi connectivity index (χ0v) is 12.2. The average Bonchev–Trinajstić information content (AvgIpc) is 2.94. The number of hydrogen-bond donors (Lipinski definition) is 2. The van der Waals surface area contributed by atoms with E-state index in [1.807, 2.05) is 30.3 Å². The predicted octanol–water partition coefficient (Wildman–Crippen LogP) is 3.24. The summed E-state index contributed by atoms with van der Waals surface area (Å²) in [7, 11) is 0. The number of carbonyl (C=O) groups excluding carboxylic acids is 1. The van der Waals surface area contributed by atoms with E-state index in [1.54, 1.807) is 11.3 Å². The van der Waals surface area contributed by atoms with Crippen molar-refractivity contribution in [3.63, 3.8) is 0 Å². The van der Waals surface area contributed by atoms with Crippen molar-refractivity contribution in [3.05, 3.63) is 52.2 Å². The third kappa shape index (κ3) is 4.79. The Morgan fingerprint density at radius 1 is 1.15 bits per heavy atom. The van der Waals surface area contributed by atoms with Gasteiger partial charge in [-0.05, 0) is 48.4 Å². The van der Waals surface area contributed by atoms with Crippen LogP contribution in [0.1, 0.15) is 23.3 Å². The molecule has 2 N–H and O–H groups in total. The second-order valence-electron chi connectivity index (χ2n) is 4.65. The van der Waals surface area contributed by atoms with E-state index in [4.69, 9.17) is 5.11 Å². The fourth-order valence-electron chi connectivity index (χ4n) is 1.99. The van der Waals surface area contributed by atoms with E-state index in [-0.39, 0.29) is 12.5 Å². The molecule has 0 saturated carbocycles. The Morgan fingerprint density at radius 2 is 1.95 bits per heavy atom. The Bertz CT molecular complexity index is 520. The van der Waals surface area contributed by atoms with Crippen molar-refractivity contribution >= 4 is 22.9 Å². The lowest BCUT2D eigenvalue weighted by molar-refractivity contribution is -0.116. The first-order valence-corrected chi connectivity index (χ1v) is 7.68. The normalized spacial score (nSPS) is 10.4. The SMILES string of the molecule is O=C(CCCc1cccs1)Nc1ccc(CCO)cc1. The molecule has 0 spiro atoms. The van der Waals surface area contributed by atoms with Gasteiger partial charge in [0.15, 0.2) is 0 Å². The molecular weight excluding hydrogens is 270 g/mol. The van der Waals surface area contributed by atoms with E-state index < -0.39 is 0 Å². The molecule has 1 amide bonds. The lowest BCUT2D eigenvalue weighted by atomic mass is 10.1. The van der Waals surface area contributed by atoms with Crippen molar-refractivity contribution in [2.75, 3.05) is 11.9 Å². The second kappa shape index (κ2) is 7.82. The van der Waals surface area contributed by atoms with Gasteiger partial charge in [-0.25, -0.2) is 0 Å². The van der Waals surface area contributed by atoms with Crippen LogP contribution in [0.2, 0.25) is 0 Å². The third-order valence-corrected chi connectivity index (χ3v) is 3.98. The highest BCUT2D eigenvalue weighted by Crippen LogP contribution is 2.13. The molecule has 20 heavy (non-hydrogen) atoms. The maximum atomic E-state index is 11.8. The van der Waals surface area contributed by atoms with Gasteiger partial charge >= 0.3 is 0 Å². The molecule has 2 rings (SSSR count). The maximum Gasteiger partial charge on any atom is 0.224 e. The highest BCUT2D eigenvalue weighted by Gasteiger charge is 2.03. The van der Waals surface area contributed by atoms with E-state index in [9.17, 15) is 4.79 Å². The molecule has 0 aliphatic rings. The van der Waals surface area contributed by atoms with Gasteiger partial charge in [0.1, 0.15) is 0 Å². The van der Waals surface area contributed by atoms with Gasteiger partial charge in [-0.2, -0.15) is 0 Å². The number of aliphatic hydroxyl groups is 1. The van der Waals surface area contributed by atoms with Crippen LogP contribution >= 0.6 is 11.3 Å². The number of hydrogen-bond acceptors (Lipinski definition) is 3. The molecule has 4 heteroatoms. The van der Waals surface area contributed by atoms with Crippen molar-refractivity contribution in [2.24, 2.45) is 0 Å². The zero-order chi connectivity index (χ0) is 14.2. The average molecular weight is 289 g/mol. The number of carbonyl (C=O) groups is 1. The fraction of sp³-hybridized carbons (Fsp3) is 0.312. The van der Waals surface area contributed by atoms with Crippen LogP contribution in [0.5, 0.6) is 0 Å². The van der Waals surface area contributed by atoms with Gasteiger partial charge in [-0.15, -0.1) is 11.3 Å². The van der Waals surface area contributed by atoms with E-state index >= 15 is 0 Å². The van der Waals surface area contributed by atoms with Gasteiger partial charge in [0.2, 0.25) is 5.91 Å². The van der Waals surface area contributed by atoms with E-state index in [1.165, 1.54) is 4.88 Å². The number of thiophene rings is 1. The Hall–Kier alpha value is -1.65. The number of amides is 1. The molecule has 106 valence electrons. The first-order valence-electron chi connectivity index (χ1n) is 6.80. The number of rotatable bonds is 7. The number of aryl methyl sites for hydroxylation is 1. The number of nitrogens with one attached hydrogen (secondary N) is 1. The minimum Gasteiger partial charge on any atom is -0.396 e. The second-order valence-corrected chi connectivity index (χ2v) is 5.68. The van der Waals surface area contributed by atoms with Crippen molar-refractivity contribution in [2.45, 2.75) is 25.7 Å². The Morgan fingerprint density at radius 3 is 2.60 bits per heavy atom. The molecule has 0 saturated heterocycles. The Labute approximate surface area is 123 Å². The molecule has 3 nitrogen and oxygen atoms in total. The van der Waals surface area contributed by atoms with Crippen LogP contribution in [0.15, 0.2) is 41.8 Å². The van der Waals surface area contributed by atoms with E-state index in [2.05, 4.69) is 16.8 Å². The van der Waals surface area contributed by atoms with Gasteiger partial charge in [0, 0.05) is 23.6 Å². The maximum absolute atomic E-state index is 11.8. The highest BCUT2D eigenvalue weighted by atomic mass is 32.1. The summed E-state index contributed by atoms with van der Waals surface area (Å²) >= 11 is 1.73. The van der Waals surface area contributed by atoms with Crippen LogP contribution in [-0.4, -0.2) is 17.6 Å². The molecule has 0 aliphatic carbocycles. The van der Waals surface area contributed by atoms with Crippen LogP contribution in [0.3, 0.4) is 0 Å². The summed E-state index contributed by atoms with van der Waals surface area (Å²) in [4.78, 5) is 13.1. The molecule has 0 unspecified atom stereocenters. The first-order chi connectivity index (χ1) is 9.78. The predicted molar refractivity (Wildman–Crippen MR) is 83.1 cm³/mol. The Balaban J connectivity index is 1.73. The molecule has 0 radical (unpaired) electrons. The standard InChI is InChI=1S/C16H19NO2S/c18-11-10-13-6-8-14(9-7-13)17-16(19)5-1-3-15-4-2-12-20-15/h2,4,6-9,12,18H,1,3,5,10-11H2,(H,17,19). The largest absolute Gasteiger partial charge is 0.396 e. The Kier molecular flexibility index (Phi) is 5.77. The van der Waals surface area contributed by atoms with Crippen LogP contribution in [0, 0.1) is 0 Å². The van der Waals surface area contributed by atoms with Crippen molar-refractivity contribution < 1.29 is 9.90 Å².